The van der Waals surface area contributed by atoms with E-state index in [9.17, 15) is 4.79 Å². The molecule has 6 heteroatoms. The fourth-order valence-electron chi connectivity index (χ4n) is 1.61. The second kappa shape index (κ2) is 7.17. The Labute approximate surface area is 132 Å². The van der Waals surface area contributed by atoms with Crippen molar-refractivity contribution in [2.45, 2.75) is 13.8 Å². The molecule has 0 bridgehead atoms. The van der Waals surface area contributed by atoms with Crippen molar-refractivity contribution in [3.05, 3.63) is 46.6 Å². The van der Waals surface area contributed by atoms with E-state index >= 15 is 0 Å². The van der Waals surface area contributed by atoms with Crippen LogP contribution in [-0.2, 0) is 0 Å². The van der Waals surface area contributed by atoms with Gasteiger partial charge < -0.3 is 10.6 Å². The van der Waals surface area contributed by atoms with Gasteiger partial charge in [0, 0.05) is 11.0 Å². The molecular formula is C15H17BrN4O. The molecule has 0 spiro atoms. The summed E-state index contributed by atoms with van der Waals surface area (Å²) in [6.45, 7) is 5.04. The molecule has 5 nitrogen and oxygen atoms in total. The topological polar surface area (TPSA) is 66.9 Å². The van der Waals surface area contributed by atoms with Gasteiger partial charge in [-0.05, 0) is 46.1 Å². The van der Waals surface area contributed by atoms with Gasteiger partial charge >= 0.3 is 0 Å². The van der Waals surface area contributed by atoms with Crippen LogP contribution in [0.15, 0.2) is 40.9 Å². The van der Waals surface area contributed by atoms with Crippen molar-refractivity contribution >= 4 is 33.3 Å². The number of rotatable bonds is 5. The van der Waals surface area contributed by atoms with Crippen molar-refractivity contribution in [2.75, 3.05) is 17.2 Å². The number of carbonyl (C=O) groups excluding carboxylic acids is 1. The SMILES string of the molecule is CC(C)CNc1ccc(C(=O)Nc2ccccc2Br)nn1. The van der Waals surface area contributed by atoms with Crippen molar-refractivity contribution in [1.29, 1.82) is 0 Å². The number of amides is 1. The summed E-state index contributed by atoms with van der Waals surface area (Å²) in [4.78, 5) is 12.1. The largest absolute Gasteiger partial charge is 0.368 e. The number of hydrogen-bond acceptors (Lipinski definition) is 4. The molecule has 0 aliphatic heterocycles. The first kappa shape index (κ1) is 15.4. The Morgan fingerprint density at radius 2 is 1.95 bits per heavy atom. The van der Waals surface area contributed by atoms with E-state index in [1.165, 1.54) is 0 Å². The molecule has 110 valence electrons. The van der Waals surface area contributed by atoms with E-state index in [1.807, 2.05) is 24.3 Å². The number of nitrogens with one attached hydrogen (secondary N) is 2. The zero-order chi connectivity index (χ0) is 15.2. The van der Waals surface area contributed by atoms with Gasteiger partial charge in [0.2, 0.25) is 0 Å². The highest BCUT2D eigenvalue weighted by molar-refractivity contribution is 9.10. The van der Waals surface area contributed by atoms with Crippen molar-refractivity contribution in [3.8, 4) is 0 Å². The molecule has 2 rings (SSSR count). The van der Waals surface area contributed by atoms with Crippen LogP contribution in [-0.4, -0.2) is 22.6 Å². The molecule has 0 saturated heterocycles. The molecule has 0 fully saturated rings. The number of benzene rings is 1. The van der Waals surface area contributed by atoms with Gasteiger partial charge in [-0.3, -0.25) is 4.79 Å². The third-order valence-corrected chi connectivity index (χ3v) is 3.40. The predicted molar refractivity (Wildman–Crippen MR) is 87.5 cm³/mol. The van der Waals surface area contributed by atoms with Crippen LogP contribution in [0.3, 0.4) is 0 Å². The van der Waals surface area contributed by atoms with Crippen molar-refractivity contribution in [1.82, 2.24) is 10.2 Å². The van der Waals surface area contributed by atoms with Gasteiger partial charge in [-0.15, -0.1) is 10.2 Å². The van der Waals surface area contributed by atoms with E-state index < -0.39 is 0 Å². The van der Waals surface area contributed by atoms with Crippen LogP contribution in [0.1, 0.15) is 24.3 Å². The minimum Gasteiger partial charge on any atom is -0.368 e. The van der Waals surface area contributed by atoms with Crippen LogP contribution >= 0.6 is 15.9 Å². The first-order valence-electron chi connectivity index (χ1n) is 6.69. The molecule has 0 atom stereocenters. The monoisotopic (exact) mass is 348 g/mol. The number of anilines is 2. The fourth-order valence-corrected chi connectivity index (χ4v) is 1.99. The fraction of sp³-hybridized carbons (Fsp3) is 0.267. The van der Waals surface area contributed by atoms with Gasteiger partial charge in [0.15, 0.2) is 5.69 Å². The highest BCUT2D eigenvalue weighted by Crippen LogP contribution is 2.21. The molecule has 0 aliphatic rings. The number of hydrogen-bond donors (Lipinski definition) is 2. The Kier molecular flexibility index (Phi) is 5.27. The maximum atomic E-state index is 12.1. The van der Waals surface area contributed by atoms with Crippen LogP contribution in [0, 0.1) is 5.92 Å². The maximum Gasteiger partial charge on any atom is 0.276 e. The smallest absolute Gasteiger partial charge is 0.276 e. The number of halogens is 1. The standard InChI is InChI=1S/C15H17BrN4O/c1-10(2)9-17-14-8-7-13(19-20-14)15(21)18-12-6-4-3-5-11(12)16/h3-8,10H,9H2,1-2H3,(H,17,20)(H,18,21). The maximum absolute atomic E-state index is 12.1. The van der Waals surface area contributed by atoms with E-state index in [4.69, 9.17) is 0 Å². The summed E-state index contributed by atoms with van der Waals surface area (Å²) in [5, 5.41) is 13.9. The Bertz CT molecular complexity index is 613. The lowest BCUT2D eigenvalue weighted by Crippen LogP contribution is -2.16. The van der Waals surface area contributed by atoms with Crippen LogP contribution < -0.4 is 10.6 Å². The molecule has 0 saturated carbocycles. The van der Waals surface area contributed by atoms with E-state index in [-0.39, 0.29) is 11.6 Å². The number of aromatic nitrogens is 2. The summed E-state index contributed by atoms with van der Waals surface area (Å²) in [7, 11) is 0. The van der Waals surface area contributed by atoms with Crippen LogP contribution in [0.5, 0.6) is 0 Å². The van der Waals surface area contributed by atoms with Crippen LogP contribution in [0.25, 0.3) is 0 Å². The lowest BCUT2D eigenvalue weighted by Gasteiger charge is -2.08. The lowest BCUT2D eigenvalue weighted by atomic mass is 10.2. The number of nitrogens with zero attached hydrogens (tertiary/aromatic N) is 2. The molecule has 21 heavy (non-hydrogen) atoms. The minimum atomic E-state index is -0.287. The zero-order valence-electron chi connectivity index (χ0n) is 11.9. The van der Waals surface area contributed by atoms with Gasteiger partial charge in [0.05, 0.1) is 5.69 Å². The van der Waals surface area contributed by atoms with Gasteiger partial charge in [-0.1, -0.05) is 26.0 Å². The quantitative estimate of drug-likeness (QED) is 0.866. The highest BCUT2D eigenvalue weighted by Gasteiger charge is 2.10. The van der Waals surface area contributed by atoms with Crippen molar-refractivity contribution in [2.24, 2.45) is 5.92 Å². The molecular weight excluding hydrogens is 332 g/mol. The zero-order valence-corrected chi connectivity index (χ0v) is 13.5. The summed E-state index contributed by atoms with van der Waals surface area (Å²) in [5.41, 5.74) is 0.979. The van der Waals surface area contributed by atoms with E-state index in [2.05, 4.69) is 50.6 Å². The minimum absolute atomic E-state index is 0.279. The molecule has 0 unspecified atom stereocenters. The lowest BCUT2D eigenvalue weighted by molar-refractivity contribution is 0.102. The van der Waals surface area contributed by atoms with Gasteiger partial charge in [0.1, 0.15) is 5.82 Å². The first-order chi connectivity index (χ1) is 10.1. The molecule has 0 aliphatic carbocycles. The summed E-state index contributed by atoms with van der Waals surface area (Å²) < 4.78 is 0.821. The Morgan fingerprint density at radius 3 is 2.57 bits per heavy atom. The Hall–Kier alpha value is -1.95. The van der Waals surface area contributed by atoms with E-state index in [1.54, 1.807) is 12.1 Å². The average molecular weight is 349 g/mol. The van der Waals surface area contributed by atoms with Crippen molar-refractivity contribution < 1.29 is 4.79 Å². The summed E-state index contributed by atoms with van der Waals surface area (Å²) in [6.07, 6.45) is 0. The Morgan fingerprint density at radius 1 is 1.19 bits per heavy atom. The molecule has 1 heterocycles. The molecule has 2 N–H and O–H groups in total. The third-order valence-electron chi connectivity index (χ3n) is 2.71. The Balaban J connectivity index is 2.01. The number of carbonyl (C=O) groups is 1. The molecule has 1 aromatic carbocycles. The van der Waals surface area contributed by atoms with E-state index in [0.29, 0.717) is 17.4 Å². The summed E-state index contributed by atoms with van der Waals surface area (Å²) in [5.74, 6) is 0.899. The number of para-hydroxylation sites is 1. The average Bonchev–Trinajstić information content (AvgIpc) is 2.48. The van der Waals surface area contributed by atoms with Gasteiger partial charge in [0.25, 0.3) is 5.91 Å². The molecule has 1 amide bonds. The summed E-state index contributed by atoms with van der Waals surface area (Å²) in [6, 6.07) is 10.8. The van der Waals surface area contributed by atoms with Crippen molar-refractivity contribution in [3.63, 3.8) is 0 Å². The van der Waals surface area contributed by atoms with E-state index in [0.717, 1.165) is 11.0 Å². The second-order valence-corrected chi connectivity index (χ2v) is 5.87. The van der Waals surface area contributed by atoms with Gasteiger partial charge in [-0.25, -0.2) is 0 Å². The summed E-state index contributed by atoms with van der Waals surface area (Å²) >= 11 is 3.38. The molecule has 0 radical (unpaired) electrons. The normalized spacial score (nSPS) is 10.5. The first-order valence-corrected chi connectivity index (χ1v) is 7.49. The van der Waals surface area contributed by atoms with Crippen LogP contribution in [0.2, 0.25) is 0 Å². The highest BCUT2D eigenvalue weighted by atomic mass is 79.9. The predicted octanol–water partition coefficient (Wildman–Crippen LogP) is 3.56. The van der Waals surface area contributed by atoms with Gasteiger partial charge in [-0.2, -0.15) is 0 Å². The molecule has 1 aromatic heterocycles. The van der Waals surface area contributed by atoms with Crippen LogP contribution in [0.4, 0.5) is 11.5 Å². The third kappa shape index (κ3) is 4.53. The molecule has 2 aromatic rings. The second-order valence-electron chi connectivity index (χ2n) is 5.01.